The fourth-order valence-electron chi connectivity index (χ4n) is 1.13. The monoisotopic (exact) mass is 216 g/mol. The van der Waals surface area contributed by atoms with Crippen LogP contribution in [0.5, 0.6) is 0 Å². The first-order valence-corrected chi connectivity index (χ1v) is 6.26. The average Bonchev–Trinajstić information content (AvgIpc) is 2.63. The number of amidine groups is 1. The Bertz CT molecular complexity index is 183. The van der Waals surface area contributed by atoms with E-state index in [-0.39, 0.29) is 0 Å². The van der Waals surface area contributed by atoms with Crippen molar-refractivity contribution < 1.29 is 4.74 Å². The lowest BCUT2D eigenvalue weighted by atomic mass is 10.2. The first-order valence-electron chi connectivity index (χ1n) is 5.28. The Balaban J connectivity index is 1.84. The van der Waals surface area contributed by atoms with Crippen molar-refractivity contribution in [3.05, 3.63) is 0 Å². The molecule has 0 atom stereocenters. The molecule has 0 spiro atoms. The Labute approximate surface area is 90.7 Å². The van der Waals surface area contributed by atoms with Crippen LogP contribution < -0.4 is 5.32 Å². The SMILES string of the molecule is CC(C)COCCCNC1=NCCS1. The highest BCUT2D eigenvalue weighted by Crippen LogP contribution is 2.08. The van der Waals surface area contributed by atoms with Crippen LogP contribution in [0.1, 0.15) is 20.3 Å². The smallest absolute Gasteiger partial charge is 0.156 e. The molecule has 0 unspecified atom stereocenters. The van der Waals surface area contributed by atoms with E-state index in [1.807, 2.05) is 11.8 Å². The van der Waals surface area contributed by atoms with Crippen molar-refractivity contribution in [2.24, 2.45) is 10.9 Å². The molecule has 0 aromatic heterocycles. The summed E-state index contributed by atoms with van der Waals surface area (Å²) >= 11 is 1.81. The van der Waals surface area contributed by atoms with Gasteiger partial charge in [0.1, 0.15) is 0 Å². The second-order valence-corrected chi connectivity index (χ2v) is 4.87. The summed E-state index contributed by atoms with van der Waals surface area (Å²) in [5, 5.41) is 4.41. The highest BCUT2D eigenvalue weighted by atomic mass is 32.2. The van der Waals surface area contributed by atoms with Crippen molar-refractivity contribution in [1.29, 1.82) is 0 Å². The lowest BCUT2D eigenvalue weighted by Crippen LogP contribution is -2.21. The molecule has 0 aliphatic carbocycles. The van der Waals surface area contributed by atoms with E-state index >= 15 is 0 Å². The highest BCUT2D eigenvalue weighted by Gasteiger charge is 2.04. The van der Waals surface area contributed by atoms with Crippen LogP contribution >= 0.6 is 11.8 Å². The summed E-state index contributed by atoms with van der Waals surface area (Å²) in [6.45, 7) is 8.00. The number of aliphatic imine (C=N–C) groups is 1. The Morgan fingerprint density at radius 2 is 2.43 bits per heavy atom. The van der Waals surface area contributed by atoms with Crippen LogP contribution in [0.2, 0.25) is 0 Å². The molecule has 1 rings (SSSR count). The van der Waals surface area contributed by atoms with Crippen LogP contribution in [-0.2, 0) is 4.74 Å². The number of rotatable bonds is 6. The molecule has 0 bridgehead atoms. The lowest BCUT2D eigenvalue weighted by molar-refractivity contribution is 0.108. The van der Waals surface area contributed by atoms with E-state index in [2.05, 4.69) is 24.2 Å². The zero-order valence-electron chi connectivity index (χ0n) is 9.08. The second-order valence-electron chi connectivity index (χ2n) is 3.78. The van der Waals surface area contributed by atoms with Gasteiger partial charge in [0.05, 0.1) is 6.54 Å². The predicted molar refractivity (Wildman–Crippen MR) is 63.0 cm³/mol. The Hall–Kier alpha value is -0.220. The molecular formula is C10H20N2OS. The van der Waals surface area contributed by atoms with Gasteiger partial charge in [0.2, 0.25) is 0 Å². The summed E-state index contributed by atoms with van der Waals surface area (Å²) < 4.78 is 5.47. The largest absolute Gasteiger partial charge is 0.381 e. The number of hydrogen-bond donors (Lipinski definition) is 1. The summed E-state index contributed by atoms with van der Waals surface area (Å²) in [5.41, 5.74) is 0. The summed E-state index contributed by atoms with van der Waals surface area (Å²) in [6, 6.07) is 0. The Kier molecular flexibility index (Phi) is 6.03. The van der Waals surface area contributed by atoms with E-state index in [1.165, 1.54) is 0 Å². The molecule has 0 saturated carbocycles. The average molecular weight is 216 g/mol. The van der Waals surface area contributed by atoms with Gasteiger partial charge in [-0.25, -0.2) is 0 Å². The lowest BCUT2D eigenvalue weighted by Gasteiger charge is -2.07. The van der Waals surface area contributed by atoms with Crippen molar-refractivity contribution in [3.63, 3.8) is 0 Å². The summed E-state index contributed by atoms with van der Waals surface area (Å²) in [7, 11) is 0. The van der Waals surface area contributed by atoms with Gasteiger partial charge >= 0.3 is 0 Å². The molecule has 1 N–H and O–H groups in total. The third-order valence-electron chi connectivity index (χ3n) is 1.78. The van der Waals surface area contributed by atoms with E-state index in [9.17, 15) is 0 Å². The molecule has 0 amide bonds. The third kappa shape index (κ3) is 5.50. The second kappa shape index (κ2) is 7.12. The predicted octanol–water partition coefficient (Wildman–Crippen LogP) is 1.74. The van der Waals surface area contributed by atoms with Crippen LogP contribution in [-0.4, -0.2) is 37.2 Å². The normalized spacial score (nSPS) is 16.1. The van der Waals surface area contributed by atoms with Gasteiger partial charge in [-0.2, -0.15) is 0 Å². The van der Waals surface area contributed by atoms with E-state index < -0.39 is 0 Å². The maximum atomic E-state index is 5.47. The number of nitrogens with zero attached hydrogens (tertiary/aromatic N) is 1. The summed E-state index contributed by atoms with van der Waals surface area (Å²) in [4.78, 5) is 4.31. The molecule has 1 aliphatic heterocycles. The Morgan fingerprint density at radius 1 is 1.57 bits per heavy atom. The number of thioether (sulfide) groups is 1. The summed E-state index contributed by atoms with van der Waals surface area (Å²) in [6.07, 6.45) is 1.06. The maximum absolute atomic E-state index is 5.47. The fourth-order valence-corrected chi connectivity index (χ4v) is 1.89. The molecule has 1 aliphatic rings. The van der Waals surface area contributed by atoms with Gasteiger partial charge in [-0.1, -0.05) is 25.6 Å². The van der Waals surface area contributed by atoms with Gasteiger partial charge in [0.15, 0.2) is 5.17 Å². The zero-order chi connectivity index (χ0) is 10.2. The molecule has 0 aromatic carbocycles. The third-order valence-corrected chi connectivity index (χ3v) is 2.71. The quantitative estimate of drug-likeness (QED) is 0.687. The van der Waals surface area contributed by atoms with Crippen LogP contribution in [0.3, 0.4) is 0 Å². The van der Waals surface area contributed by atoms with E-state index in [4.69, 9.17) is 4.74 Å². The maximum Gasteiger partial charge on any atom is 0.156 e. The van der Waals surface area contributed by atoms with E-state index in [0.29, 0.717) is 5.92 Å². The molecule has 0 aromatic rings. The van der Waals surface area contributed by atoms with Gasteiger partial charge in [0.25, 0.3) is 0 Å². The first-order chi connectivity index (χ1) is 6.79. The number of ether oxygens (including phenoxy) is 1. The zero-order valence-corrected chi connectivity index (χ0v) is 9.90. The molecule has 14 heavy (non-hydrogen) atoms. The summed E-state index contributed by atoms with van der Waals surface area (Å²) in [5.74, 6) is 1.77. The minimum atomic E-state index is 0.637. The number of hydrogen-bond acceptors (Lipinski definition) is 4. The Morgan fingerprint density at radius 3 is 3.07 bits per heavy atom. The van der Waals surface area contributed by atoms with Crippen molar-refractivity contribution in [2.45, 2.75) is 20.3 Å². The van der Waals surface area contributed by atoms with Crippen LogP contribution in [0.25, 0.3) is 0 Å². The molecular weight excluding hydrogens is 196 g/mol. The molecule has 1 heterocycles. The minimum Gasteiger partial charge on any atom is -0.381 e. The molecule has 4 heteroatoms. The minimum absolute atomic E-state index is 0.637. The highest BCUT2D eigenvalue weighted by molar-refractivity contribution is 8.14. The topological polar surface area (TPSA) is 33.6 Å². The van der Waals surface area contributed by atoms with Crippen molar-refractivity contribution in [3.8, 4) is 0 Å². The molecule has 0 fully saturated rings. The standard InChI is InChI=1S/C10H20N2OS/c1-9(2)8-13-6-3-4-11-10-12-5-7-14-10/h9H,3-8H2,1-2H3,(H,11,12). The van der Waals surface area contributed by atoms with Crippen LogP contribution in [0.15, 0.2) is 4.99 Å². The van der Waals surface area contributed by atoms with Crippen molar-refractivity contribution >= 4 is 16.9 Å². The van der Waals surface area contributed by atoms with Gasteiger partial charge in [-0.05, 0) is 12.3 Å². The first kappa shape index (κ1) is 11.9. The van der Waals surface area contributed by atoms with Crippen molar-refractivity contribution in [1.82, 2.24) is 5.32 Å². The van der Waals surface area contributed by atoms with Crippen LogP contribution in [0.4, 0.5) is 0 Å². The molecule has 82 valence electrons. The van der Waals surface area contributed by atoms with Crippen LogP contribution in [0, 0.1) is 5.92 Å². The van der Waals surface area contributed by atoms with Gasteiger partial charge in [-0.15, -0.1) is 0 Å². The van der Waals surface area contributed by atoms with Gasteiger partial charge in [0, 0.05) is 25.5 Å². The fraction of sp³-hybridized carbons (Fsp3) is 0.900. The van der Waals surface area contributed by atoms with Crippen molar-refractivity contribution in [2.75, 3.05) is 32.1 Å². The van der Waals surface area contributed by atoms with Gasteiger partial charge < -0.3 is 10.1 Å². The van der Waals surface area contributed by atoms with E-state index in [0.717, 1.165) is 43.6 Å². The van der Waals surface area contributed by atoms with E-state index in [1.54, 1.807) is 0 Å². The number of nitrogens with one attached hydrogen (secondary N) is 1. The molecule has 0 radical (unpaired) electrons. The molecule has 0 saturated heterocycles. The van der Waals surface area contributed by atoms with Gasteiger partial charge in [-0.3, -0.25) is 4.99 Å². The molecule has 3 nitrogen and oxygen atoms in total.